The van der Waals surface area contributed by atoms with Crippen LogP contribution in [-0.4, -0.2) is 16.9 Å². The number of amides is 1. The number of alkyl halides is 3. The molecule has 1 rings (SSSR count). The molecule has 0 aliphatic carbocycles. The molecule has 18 heavy (non-hydrogen) atoms. The maximum Gasteiger partial charge on any atom is 0.417 e. The highest BCUT2D eigenvalue weighted by atomic mass is 19.4. The minimum atomic E-state index is -4.49. The molecule has 0 spiro atoms. The third kappa shape index (κ3) is 3.45. The average Bonchev–Trinajstić information content (AvgIpc) is 2.34. The van der Waals surface area contributed by atoms with Crippen LogP contribution in [0.1, 0.15) is 29.4 Å². The lowest BCUT2D eigenvalue weighted by Gasteiger charge is -2.09. The summed E-state index contributed by atoms with van der Waals surface area (Å²) in [6.07, 6.45) is -3.49. The molecule has 1 atom stereocenters. The highest BCUT2D eigenvalue weighted by Gasteiger charge is 2.30. The lowest BCUT2D eigenvalue weighted by Crippen LogP contribution is -2.33. The van der Waals surface area contributed by atoms with E-state index in [4.69, 9.17) is 5.26 Å². The zero-order chi connectivity index (χ0) is 13.8. The molecule has 7 heteroatoms. The number of hydrogen-bond acceptors (Lipinski definition) is 3. The van der Waals surface area contributed by atoms with Crippen molar-refractivity contribution in [2.24, 2.45) is 0 Å². The van der Waals surface area contributed by atoms with E-state index in [1.165, 1.54) is 0 Å². The largest absolute Gasteiger partial charge is 0.417 e. The van der Waals surface area contributed by atoms with Crippen molar-refractivity contribution in [3.8, 4) is 6.07 Å². The third-order valence-electron chi connectivity index (χ3n) is 2.19. The smallest absolute Gasteiger partial charge is 0.335 e. The molecule has 1 heterocycles. The van der Waals surface area contributed by atoms with Crippen molar-refractivity contribution in [1.29, 1.82) is 5.26 Å². The SMILES string of the molecule is CCC(C#N)NC(=O)c1ccc(C(F)(F)F)cn1. The molecule has 0 aliphatic rings. The van der Waals surface area contributed by atoms with E-state index in [0.29, 0.717) is 12.6 Å². The first-order valence-electron chi connectivity index (χ1n) is 5.12. The van der Waals surface area contributed by atoms with E-state index in [-0.39, 0.29) is 5.69 Å². The number of nitrogens with one attached hydrogen (secondary N) is 1. The van der Waals surface area contributed by atoms with Gasteiger partial charge in [-0.25, -0.2) is 0 Å². The van der Waals surface area contributed by atoms with Crippen molar-refractivity contribution >= 4 is 5.91 Å². The van der Waals surface area contributed by atoms with Gasteiger partial charge in [0.25, 0.3) is 5.91 Å². The topological polar surface area (TPSA) is 65.8 Å². The summed E-state index contributed by atoms with van der Waals surface area (Å²) < 4.78 is 36.8. The maximum atomic E-state index is 12.3. The third-order valence-corrected chi connectivity index (χ3v) is 2.19. The van der Waals surface area contributed by atoms with Gasteiger partial charge in [0.05, 0.1) is 11.6 Å². The first-order chi connectivity index (χ1) is 8.38. The highest BCUT2D eigenvalue weighted by molar-refractivity contribution is 5.92. The lowest BCUT2D eigenvalue weighted by molar-refractivity contribution is -0.137. The molecule has 0 radical (unpaired) electrons. The highest BCUT2D eigenvalue weighted by Crippen LogP contribution is 2.28. The van der Waals surface area contributed by atoms with Crippen LogP contribution in [-0.2, 0) is 6.18 Å². The molecule has 0 bridgehead atoms. The van der Waals surface area contributed by atoms with Gasteiger partial charge < -0.3 is 5.32 Å². The van der Waals surface area contributed by atoms with E-state index in [1.807, 2.05) is 6.07 Å². The van der Waals surface area contributed by atoms with Crippen molar-refractivity contribution < 1.29 is 18.0 Å². The molecule has 0 saturated carbocycles. The van der Waals surface area contributed by atoms with Gasteiger partial charge in [0.2, 0.25) is 0 Å². The molecule has 0 fully saturated rings. The Morgan fingerprint density at radius 1 is 1.56 bits per heavy atom. The summed E-state index contributed by atoms with van der Waals surface area (Å²) in [4.78, 5) is 15.0. The number of carbonyl (C=O) groups is 1. The minimum absolute atomic E-state index is 0.156. The predicted molar refractivity (Wildman–Crippen MR) is 56.4 cm³/mol. The number of carbonyl (C=O) groups excluding carboxylic acids is 1. The molecule has 0 saturated heterocycles. The van der Waals surface area contributed by atoms with E-state index in [9.17, 15) is 18.0 Å². The molecule has 1 N–H and O–H groups in total. The van der Waals surface area contributed by atoms with Crippen LogP contribution in [0.15, 0.2) is 18.3 Å². The van der Waals surface area contributed by atoms with Crippen molar-refractivity contribution in [3.05, 3.63) is 29.6 Å². The van der Waals surface area contributed by atoms with Crippen LogP contribution in [0.2, 0.25) is 0 Å². The van der Waals surface area contributed by atoms with Gasteiger partial charge in [-0.3, -0.25) is 9.78 Å². The molecular weight excluding hydrogens is 247 g/mol. The van der Waals surface area contributed by atoms with Crippen molar-refractivity contribution in [3.63, 3.8) is 0 Å². The van der Waals surface area contributed by atoms with Gasteiger partial charge >= 0.3 is 6.18 Å². The molecular formula is C11H10F3N3O. The van der Waals surface area contributed by atoms with E-state index < -0.39 is 23.7 Å². The Hall–Kier alpha value is -2.10. The first-order valence-corrected chi connectivity index (χ1v) is 5.12. The van der Waals surface area contributed by atoms with Crippen LogP contribution in [0.5, 0.6) is 0 Å². The summed E-state index contributed by atoms with van der Waals surface area (Å²) in [6.45, 7) is 1.70. The summed E-state index contributed by atoms with van der Waals surface area (Å²) in [5.74, 6) is -0.669. The second kappa shape index (κ2) is 5.49. The number of nitrogens with zero attached hydrogens (tertiary/aromatic N) is 2. The standard InChI is InChI=1S/C11H10F3N3O/c1-2-8(5-15)17-10(18)9-4-3-7(6-16-9)11(12,13)14/h3-4,6,8H,2H2,1H3,(H,17,18). The van der Waals surface area contributed by atoms with E-state index in [1.54, 1.807) is 6.92 Å². The number of pyridine rings is 1. The molecule has 1 amide bonds. The van der Waals surface area contributed by atoms with Gasteiger partial charge in [-0.05, 0) is 18.6 Å². The minimum Gasteiger partial charge on any atom is -0.335 e. The van der Waals surface area contributed by atoms with Crippen molar-refractivity contribution in [1.82, 2.24) is 10.3 Å². The predicted octanol–water partition coefficient (Wildman–Crippen LogP) is 2.13. The Morgan fingerprint density at radius 2 is 2.22 bits per heavy atom. The van der Waals surface area contributed by atoms with Crippen LogP contribution in [0.4, 0.5) is 13.2 Å². The van der Waals surface area contributed by atoms with Gasteiger partial charge in [0.1, 0.15) is 11.7 Å². The van der Waals surface area contributed by atoms with Gasteiger partial charge in [-0.1, -0.05) is 6.92 Å². The maximum absolute atomic E-state index is 12.3. The van der Waals surface area contributed by atoms with Gasteiger partial charge in [-0.15, -0.1) is 0 Å². The van der Waals surface area contributed by atoms with Crippen LogP contribution < -0.4 is 5.32 Å². The van der Waals surface area contributed by atoms with Gasteiger partial charge in [0.15, 0.2) is 0 Å². The second-order valence-corrected chi connectivity index (χ2v) is 3.49. The zero-order valence-corrected chi connectivity index (χ0v) is 9.45. The fourth-order valence-electron chi connectivity index (χ4n) is 1.15. The average molecular weight is 257 g/mol. The van der Waals surface area contributed by atoms with Gasteiger partial charge in [0, 0.05) is 6.20 Å². The Kier molecular flexibility index (Phi) is 4.26. The van der Waals surface area contributed by atoms with Crippen LogP contribution in [0, 0.1) is 11.3 Å². The Labute approximate surface area is 101 Å². The first kappa shape index (κ1) is 14.0. The molecule has 4 nitrogen and oxygen atoms in total. The summed E-state index contributed by atoms with van der Waals surface area (Å²) >= 11 is 0. The number of nitriles is 1. The van der Waals surface area contributed by atoms with Gasteiger partial charge in [-0.2, -0.15) is 18.4 Å². The fraction of sp³-hybridized carbons (Fsp3) is 0.364. The normalized spacial score (nSPS) is 12.6. The van der Waals surface area contributed by atoms with Crippen molar-refractivity contribution in [2.75, 3.05) is 0 Å². The van der Waals surface area contributed by atoms with E-state index in [0.717, 1.165) is 12.1 Å². The summed E-state index contributed by atoms with van der Waals surface area (Å²) in [5.41, 5.74) is -1.08. The Bertz CT molecular complexity index is 462. The van der Waals surface area contributed by atoms with E-state index >= 15 is 0 Å². The summed E-state index contributed by atoms with van der Waals surface area (Å²) in [7, 11) is 0. The zero-order valence-electron chi connectivity index (χ0n) is 9.45. The fourth-order valence-corrected chi connectivity index (χ4v) is 1.15. The Morgan fingerprint density at radius 3 is 2.61 bits per heavy atom. The molecule has 1 unspecified atom stereocenters. The number of rotatable bonds is 3. The molecule has 0 aliphatic heterocycles. The summed E-state index contributed by atoms with van der Waals surface area (Å²) in [6, 6.07) is 2.92. The molecule has 96 valence electrons. The van der Waals surface area contributed by atoms with Crippen LogP contribution in [0.25, 0.3) is 0 Å². The number of halogens is 3. The monoisotopic (exact) mass is 257 g/mol. The molecule has 1 aromatic rings. The van der Waals surface area contributed by atoms with Crippen molar-refractivity contribution in [2.45, 2.75) is 25.6 Å². The quantitative estimate of drug-likeness (QED) is 0.902. The molecule has 0 aromatic carbocycles. The molecule has 1 aromatic heterocycles. The number of aromatic nitrogens is 1. The van der Waals surface area contributed by atoms with Crippen LogP contribution >= 0.6 is 0 Å². The Balaban J connectivity index is 2.80. The summed E-state index contributed by atoms with van der Waals surface area (Å²) in [5, 5.41) is 11.0. The second-order valence-electron chi connectivity index (χ2n) is 3.49. The van der Waals surface area contributed by atoms with Crippen LogP contribution in [0.3, 0.4) is 0 Å². The lowest BCUT2D eigenvalue weighted by atomic mass is 10.2. The van der Waals surface area contributed by atoms with E-state index in [2.05, 4.69) is 10.3 Å². The number of hydrogen-bond donors (Lipinski definition) is 1.